The zero-order chi connectivity index (χ0) is 22.3. The molecular formula is C24H31N5O2S. The van der Waals surface area contributed by atoms with Gasteiger partial charge in [-0.05, 0) is 49.8 Å². The lowest BCUT2D eigenvalue weighted by Crippen LogP contribution is -2.35. The van der Waals surface area contributed by atoms with Crippen LogP contribution < -0.4 is 10.2 Å². The molecule has 1 saturated heterocycles. The fourth-order valence-corrected chi connectivity index (χ4v) is 4.71. The molecule has 32 heavy (non-hydrogen) atoms. The zero-order valence-electron chi connectivity index (χ0n) is 18.7. The van der Waals surface area contributed by atoms with Crippen LogP contribution in [0.3, 0.4) is 0 Å². The molecule has 0 bridgehead atoms. The third-order valence-corrected chi connectivity index (χ3v) is 6.95. The number of benzene rings is 1. The Bertz CT molecular complexity index is 981. The number of amides is 1. The summed E-state index contributed by atoms with van der Waals surface area (Å²) in [5.74, 6) is 2.44. The van der Waals surface area contributed by atoms with Crippen molar-refractivity contribution in [2.75, 3.05) is 24.5 Å². The van der Waals surface area contributed by atoms with Crippen LogP contribution in [0.2, 0.25) is 0 Å². The van der Waals surface area contributed by atoms with E-state index in [1.165, 1.54) is 17.3 Å². The molecule has 1 amide bonds. The van der Waals surface area contributed by atoms with Gasteiger partial charge in [0.2, 0.25) is 11.9 Å². The van der Waals surface area contributed by atoms with E-state index in [0.717, 1.165) is 55.1 Å². The molecule has 4 rings (SSSR count). The standard InChI is InChI=1S/C24H31N5O2S/c1-18-11-14-28(15-12-18)23-26-27-24(29(23)17-21-9-6-16-31-21)32-19(2)22(30)25-13-10-20-7-4-3-5-8-20/h3-9,16,18-19H,10-15,17H2,1-2H3,(H,25,30). The van der Waals surface area contributed by atoms with Crippen LogP contribution in [0.1, 0.15) is 38.0 Å². The van der Waals surface area contributed by atoms with Crippen molar-refractivity contribution in [1.82, 2.24) is 20.1 Å². The van der Waals surface area contributed by atoms with Crippen LogP contribution in [0, 0.1) is 5.92 Å². The molecular weight excluding hydrogens is 422 g/mol. The molecule has 8 heteroatoms. The first-order valence-corrected chi connectivity index (χ1v) is 12.2. The van der Waals surface area contributed by atoms with E-state index >= 15 is 0 Å². The van der Waals surface area contributed by atoms with Gasteiger partial charge in [-0.3, -0.25) is 9.36 Å². The Morgan fingerprint density at radius 3 is 2.69 bits per heavy atom. The summed E-state index contributed by atoms with van der Waals surface area (Å²) in [5, 5.41) is 12.5. The molecule has 0 saturated carbocycles. The predicted octanol–water partition coefficient (Wildman–Crippen LogP) is 4.00. The molecule has 1 aromatic carbocycles. The van der Waals surface area contributed by atoms with Crippen LogP contribution in [0.15, 0.2) is 58.3 Å². The van der Waals surface area contributed by atoms with Crippen LogP contribution in [0.25, 0.3) is 0 Å². The Balaban J connectivity index is 1.41. The normalized spacial score (nSPS) is 15.6. The molecule has 0 radical (unpaired) electrons. The van der Waals surface area contributed by atoms with Gasteiger partial charge in [-0.1, -0.05) is 49.0 Å². The van der Waals surface area contributed by atoms with Crippen molar-refractivity contribution in [2.45, 2.75) is 50.1 Å². The average Bonchev–Trinajstić information content (AvgIpc) is 3.46. The quantitative estimate of drug-likeness (QED) is 0.494. The number of piperidine rings is 1. The fraction of sp³-hybridized carbons (Fsp3) is 0.458. The lowest BCUT2D eigenvalue weighted by molar-refractivity contribution is -0.120. The second-order valence-corrected chi connectivity index (χ2v) is 9.71. The summed E-state index contributed by atoms with van der Waals surface area (Å²) in [6.07, 6.45) is 4.79. The van der Waals surface area contributed by atoms with Gasteiger partial charge in [0.1, 0.15) is 5.76 Å². The van der Waals surface area contributed by atoms with Crippen molar-refractivity contribution in [3.63, 3.8) is 0 Å². The van der Waals surface area contributed by atoms with Crippen LogP contribution in [0.4, 0.5) is 5.95 Å². The first kappa shape index (κ1) is 22.5. The van der Waals surface area contributed by atoms with Gasteiger partial charge >= 0.3 is 0 Å². The number of hydrogen-bond acceptors (Lipinski definition) is 6. The number of rotatable bonds is 9. The first-order valence-electron chi connectivity index (χ1n) is 11.3. The Labute approximate surface area is 193 Å². The summed E-state index contributed by atoms with van der Waals surface area (Å²) >= 11 is 1.44. The topological polar surface area (TPSA) is 76.2 Å². The molecule has 2 aromatic heterocycles. The van der Waals surface area contributed by atoms with E-state index in [9.17, 15) is 4.79 Å². The molecule has 3 heterocycles. The first-order chi connectivity index (χ1) is 15.6. The van der Waals surface area contributed by atoms with Gasteiger partial charge in [0.15, 0.2) is 5.16 Å². The van der Waals surface area contributed by atoms with Crippen LogP contribution >= 0.6 is 11.8 Å². The number of nitrogens with zero attached hydrogens (tertiary/aromatic N) is 4. The lowest BCUT2D eigenvalue weighted by atomic mass is 10.00. The maximum atomic E-state index is 12.7. The highest BCUT2D eigenvalue weighted by Gasteiger charge is 2.25. The van der Waals surface area contributed by atoms with E-state index in [-0.39, 0.29) is 11.2 Å². The largest absolute Gasteiger partial charge is 0.467 e. The van der Waals surface area contributed by atoms with Crippen molar-refractivity contribution < 1.29 is 9.21 Å². The Morgan fingerprint density at radius 2 is 1.97 bits per heavy atom. The number of carbonyl (C=O) groups excluding carboxylic acids is 1. The number of nitrogens with one attached hydrogen (secondary N) is 1. The highest BCUT2D eigenvalue weighted by molar-refractivity contribution is 8.00. The van der Waals surface area contributed by atoms with Crippen LogP contribution in [-0.2, 0) is 17.8 Å². The van der Waals surface area contributed by atoms with E-state index in [1.54, 1.807) is 6.26 Å². The van der Waals surface area contributed by atoms with E-state index in [2.05, 4.69) is 44.0 Å². The molecule has 0 spiro atoms. The van der Waals surface area contributed by atoms with Gasteiger partial charge < -0.3 is 14.6 Å². The minimum Gasteiger partial charge on any atom is -0.467 e. The maximum Gasteiger partial charge on any atom is 0.233 e. The number of aromatic nitrogens is 3. The van der Waals surface area contributed by atoms with Crippen molar-refractivity contribution in [3.05, 3.63) is 60.1 Å². The van der Waals surface area contributed by atoms with E-state index < -0.39 is 0 Å². The summed E-state index contributed by atoms with van der Waals surface area (Å²) in [5.41, 5.74) is 1.21. The smallest absolute Gasteiger partial charge is 0.233 e. The lowest BCUT2D eigenvalue weighted by Gasteiger charge is -2.31. The minimum atomic E-state index is -0.278. The third kappa shape index (κ3) is 5.73. The van der Waals surface area contributed by atoms with Gasteiger partial charge in [0.25, 0.3) is 0 Å². The average molecular weight is 454 g/mol. The maximum absolute atomic E-state index is 12.7. The summed E-state index contributed by atoms with van der Waals surface area (Å²) in [6, 6.07) is 14.0. The molecule has 0 aliphatic carbocycles. The number of furan rings is 1. The number of anilines is 1. The predicted molar refractivity (Wildman–Crippen MR) is 127 cm³/mol. The zero-order valence-corrected chi connectivity index (χ0v) is 19.6. The van der Waals surface area contributed by atoms with Crippen LogP contribution in [0.5, 0.6) is 0 Å². The molecule has 3 aromatic rings. The van der Waals surface area contributed by atoms with Gasteiger partial charge in [-0.15, -0.1) is 10.2 Å². The SMILES string of the molecule is CC1CCN(c2nnc(SC(C)C(=O)NCCc3ccccc3)n2Cc2ccco2)CC1. The van der Waals surface area contributed by atoms with Crippen molar-refractivity contribution in [3.8, 4) is 0 Å². The van der Waals surface area contributed by atoms with Gasteiger partial charge in [0.05, 0.1) is 18.1 Å². The summed E-state index contributed by atoms with van der Waals surface area (Å²) in [6.45, 7) is 7.31. The highest BCUT2D eigenvalue weighted by atomic mass is 32.2. The molecule has 1 fully saturated rings. The van der Waals surface area contributed by atoms with Crippen molar-refractivity contribution in [1.29, 1.82) is 0 Å². The Kier molecular flexibility index (Phi) is 7.52. The molecule has 7 nitrogen and oxygen atoms in total. The molecule has 1 aliphatic rings. The minimum absolute atomic E-state index is 0.00632. The fourth-order valence-electron chi connectivity index (χ4n) is 3.84. The van der Waals surface area contributed by atoms with Crippen molar-refractivity contribution >= 4 is 23.6 Å². The van der Waals surface area contributed by atoms with Crippen molar-refractivity contribution in [2.24, 2.45) is 5.92 Å². The van der Waals surface area contributed by atoms with E-state index in [0.29, 0.717) is 13.1 Å². The summed E-state index contributed by atoms with van der Waals surface area (Å²) < 4.78 is 7.66. The monoisotopic (exact) mass is 453 g/mol. The Hall–Kier alpha value is -2.74. The van der Waals surface area contributed by atoms with Crippen LogP contribution in [-0.4, -0.2) is 45.6 Å². The second-order valence-electron chi connectivity index (χ2n) is 8.40. The second kappa shape index (κ2) is 10.7. The Morgan fingerprint density at radius 1 is 1.19 bits per heavy atom. The van der Waals surface area contributed by atoms with Gasteiger partial charge in [-0.2, -0.15) is 0 Å². The molecule has 1 aliphatic heterocycles. The van der Waals surface area contributed by atoms with E-state index in [4.69, 9.17) is 4.42 Å². The van der Waals surface area contributed by atoms with E-state index in [1.807, 2.05) is 37.3 Å². The highest BCUT2D eigenvalue weighted by Crippen LogP contribution is 2.29. The summed E-state index contributed by atoms with van der Waals surface area (Å²) in [4.78, 5) is 15.0. The third-order valence-electron chi connectivity index (χ3n) is 5.86. The molecule has 1 unspecified atom stereocenters. The molecule has 1 atom stereocenters. The number of carbonyl (C=O) groups is 1. The van der Waals surface area contributed by atoms with Gasteiger partial charge in [0, 0.05) is 19.6 Å². The molecule has 1 N–H and O–H groups in total. The number of thioether (sulfide) groups is 1. The molecule has 170 valence electrons. The van der Waals surface area contributed by atoms with Gasteiger partial charge in [-0.25, -0.2) is 0 Å². The number of hydrogen-bond donors (Lipinski definition) is 1. The summed E-state index contributed by atoms with van der Waals surface area (Å²) in [7, 11) is 0.